The molecule has 0 saturated heterocycles. The van der Waals surface area contributed by atoms with Crippen LogP contribution in [0.1, 0.15) is 29.1 Å². The van der Waals surface area contributed by atoms with Gasteiger partial charge in [-0.25, -0.2) is 4.98 Å². The van der Waals surface area contributed by atoms with Gasteiger partial charge in [-0.3, -0.25) is 9.58 Å². The van der Waals surface area contributed by atoms with Crippen LogP contribution < -0.4 is 0 Å². The van der Waals surface area contributed by atoms with E-state index in [0.29, 0.717) is 0 Å². The standard InChI is InChI=1S/C16H22N4OS/c1-12-16(22-11-17-12)9-19-6-14-4-5-18-20(14)8-15(7-19)21-10-13-2-3-13/h4-5,11,13,15H,2-3,6-10H2,1H3/t15-/m0/s1. The fourth-order valence-corrected chi connectivity index (χ4v) is 3.77. The minimum absolute atomic E-state index is 0.231. The Morgan fingerprint density at radius 1 is 1.36 bits per heavy atom. The van der Waals surface area contributed by atoms with Gasteiger partial charge in [0.15, 0.2) is 0 Å². The number of hydrogen-bond donors (Lipinski definition) is 0. The second-order valence-electron chi connectivity index (χ2n) is 6.43. The van der Waals surface area contributed by atoms with Gasteiger partial charge in [-0.05, 0) is 31.7 Å². The molecule has 5 nitrogen and oxygen atoms in total. The number of ether oxygens (including phenoxy) is 1. The predicted octanol–water partition coefficient (Wildman–Crippen LogP) is 2.46. The minimum atomic E-state index is 0.231. The zero-order chi connectivity index (χ0) is 14.9. The molecule has 22 heavy (non-hydrogen) atoms. The van der Waals surface area contributed by atoms with Crippen molar-refractivity contribution in [3.63, 3.8) is 0 Å². The molecule has 4 rings (SSSR count). The first kappa shape index (κ1) is 14.4. The summed E-state index contributed by atoms with van der Waals surface area (Å²) in [5.74, 6) is 0.803. The van der Waals surface area contributed by atoms with E-state index < -0.39 is 0 Å². The van der Waals surface area contributed by atoms with Crippen LogP contribution in [0.3, 0.4) is 0 Å². The van der Waals surface area contributed by atoms with Crippen LogP contribution in [-0.4, -0.2) is 38.9 Å². The van der Waals surface area contributed by atoms with E-state index in [9.17, 15) is 0 Å². The van der Waals surface area contributed by atoms with Gasteiger partial charge in [0.1, 0.15) is 0 Å². The van der Waals surface area contributed by atoms with Crippen molar-refractivity contribution in [1.82, 2.24) is 19.7 Å². The van der Waals surface area contributed by atoms with Gasteiger partial charge in [0.05, 0.1) is 29.5 Å². The lowest BCUT2D eigenvalue weighted by atomic mass is 10.3. The highest BCUT2D eigenvalue weighted by molar-refractivity contribution is 7.09. The van der Waals surface area contributed by atoms with Gasteiger partial charge in [-0.1, -0.05) is 0 Å². The molecule has 6 heteroatoms. The average molecular weight is 318 g/mol. The summed E-state index contributed by atoms with van der Waals surface area (Å²) in [6, 6.07) is 2.12. The van der Waals surface area contributed by atoms with Crippen LogP contribution in [0.4, 0.5) is 0 Å². The third-order valence-electron chi connectivity index (χ3n) is 4.51. The fraction of sp³-hybridized carbons (Fsp3) is 0.625. The number of aryl methyl sites for hydroxylation is 1. The van der Waals surface area contributed by atoms with E-state index in [2.05, 4.69) is 32.7 Å². The predicted molar refractivity (Wildman–Crippen MR) is 85.7 cm³/mol. The third kappa shape index (κ3) is 3.24. The Balaban J connectivity index is 1.48. The number of nitrogens with zero attached hydrogens (tertiary/aromatic N) is 4. The summed E-state index contributed by atoms with van der Waals surface area (Å²) in [6.07, 6.45) is 4.80. The van der Waals surface area contributed by atoms with Gasteiger partial charge in [0.2, 0.25) is 0 Å². The zero-order valence-electron chi connectivity index (χ0n) is 12.9. The second kappa shape index (κ2) is 6.10. The molecule has 1 fully saturated rings. The lowest BCUT2D eigenvalue weighted by Crippen LogP contribution is -2.33. The third-order valence-corrected chi connectivity index (χ3v) is 5.42. The van der Waals surface area contributed by atoms with Crippen molar-refractivity contribution in [3.05, 3.63) is 34.0 Å². The van der Waals surface area contributed by atoms with E-state index >= 15 is 0 Å². The van der Waals surface area contributed by atoms with Crippen LogP contribution >= 0.6 is 11.3 Å². The lowest BCUT2D eigenvalue weighted by molar-refractivity contribution is 0.0124. The number of aromatic nitrogens is 3. The summed E-state index contributed by atoms with van der Waals surface area (Å²) >= 11 is 1.75. The van der Waals surface area contributed by atoms with Crippen molar-refractivity contribution < 1.29 is 4.74 Å². The van der Waals surface area contributed by atoms with Crippen molar-refractivity contribution in [2.24, 2.45) is 5.92 Å². The van der Waals surface area contributed by atoms with Crippen molar-refractivity contribution in [3.8, 4) is 0 Å². The summed E-state index contributed by atoms with van der Waals surface area (Å²) in [5.41, 5.74) is 4.37. The molecule has 1 saturated carbocycles. The normalized spacial score (nSPS) is 22.5. The molecule has 1 aliphatic carbocycles. The highest BCUT2D eigenvalue weighted by atomic mass is 32.1. The Morgan fingerprint density at radius 3 is 3.05 bits per heavy atom. The first-order valence-electron chi connectivity index (χ1n) is 8.01. The van der Waals surface area contributed by atoms with Crippen molar-refractivity contribution >= 4 is 11.3 Å². The first-order chi connectivity index (χ1) is 10.8. The molecule has 0 amide bonds. The summed E-state index contributed by atoms with van der Waals surface area (Å²) < 4.78 is 8.29. The molecule has 0 spiro atoms. The highest BCUT2D eigenvalue weighted by Gasteiger charge is 2.27. The molecular formula is C16H22N4OS. The van der Waals surface area contributed by atoms with Crippen molar-refractivity contribution in [2.75, 3.05) is 13.2 Å². The molecule has 0 bridgehead atoms. The quantitative estimate of drug-likeness (QED) is 0.849. The van der Waals surface area contributed by atoms with Gasteiger partial charge < -0.3 is 4.74 Å². The van der Waals surface area contributed by atoms with Crippen LogP contribution in [0.15, 0.2) is 17.8 Å². The van der Waals surface area contributed by atoms with E-state index in [1.165, 1.54) is 23.4 Å². The number of rotatable bonds is 5. The van der Waals surface area contributed by atoms with E-state index in [-0.39, 0.29) is 6.10 Å². The maximum atomic E-state index is 6.18. The molecule has 1 atom stereocenters. The molecule has 0 unspecified atom stereocenters. The van der Waals surface area contributed by atoms with E-state index in [4.69, 9.17) is 4.74 Å². The highest BCUT2D eigenvalue weighted by Crippen LogP contribution is 2.29. The number of thiazole rings is 1. The Morgan fingerprint density at radius 2 is 2.27 bits per heavy atom. The van der Waals surface area contributed by atoms with E-state index in [1.54, 1.807) is 11.3 Å². The van der Waals surface area contributed by atoms with E-state index in [0.717, 1.165) is 44.4 Å². The molecule has 118 valence electrons. The van der Waals surface area contributed by atoms with Crippen LogP contribution in [0.2, 0.25) is 0 Å². The topological polar surface area (TPSA) is 43.2 Å². The van der Waals surface area contributed by atoms with Gasteiger partial charge >= 0.3 is 0 Å². The van der Waals surface area contributed by atoms with Crippen LogP contribution in [-0.2, 0) is 24.4 Å². The van der Waals surface area contributed by atoms with Crippen LogP contribution in [0, 0.1) is 12.8 Å². The molecule has 3 heterocycles. The number of hydrogen-bond acceptors (Lipinski definition) is 5. The van der Waals surface area contributed by atoms with Crippen LogP contribution in [0.25, 0.3) is 0 Å². The van der Waals surface area contributed by atoms with Crippen molar-refractivity contribution in [1.29, 1.82) is 0 Å². The summed E-state index contributed by atoms with van der Waals surface area (Å²) in [7, 11) is 0. The zero-order valence-corrected chi connectivity index (χ0v) is 13.8. The Kier molecular flexibility index (Phi) is 3.98. The first-order valence-corrected chi connectivity index (χ1v) is 8.89. The summed E-state index contributed by atoms with van der Waals surface area (Å²) in [6.45, 7) is 6.72. The number of fused-ring (bicyclic) bond motifs is 1. The van der Waals surface area contributed by atoms with Gasteiger partial charge in [0.25, 0.3) is 0 Å². The summed E-state index contributed by atoms with van der Waals surface area (Å²) in [4.78, 5) is 8.20. The molecule has 0 N–H and O–H groups in total. The second-order valence-corrected chi connectivity index (χ2v) is 7.37. The van der Waals surface area contributed by atoms with E-state index in [1.807, 2.05) is 11.7 Å². The molecule has 0 radical (unpaired) electrons. The molecule has 0 aromatic carbocycles. The SMILES string of the molecule is Cc1ncsc1CN1Cc2ccnn2C[C@@H](OCC2CC2)C1. The summed E-state index contributed by atoms with van der Waals surface area (Å²) in [5, 5.41) is 4.46. The molecule has 2 aliphatic rings. The largest absolute Gasteiger partial charge is 0.375 e. The fourth-order valence-electron chi connectivity index (χ4n) is 2.95. The van der Waals surface area contributed by atoms with Crippen molar-refractivity contribution in [2.45, 2.75) is 45.5 Å². The maximum Gasteiger partial charge on any atom is 0.0897 e. The Labute approximate surface area is 134 Å². The molecule has 2 aromatic rings. The molecular weight excluding hydrogens is 296 g/mol. The minimum Gasteiger partial charge on any atom is -0.375 e. The molecule has 2 aromatic heterocycles. The Bertz CT molecular complexity index is 634. The smallest absolute Gasteiger partial charge is 0.0897 e. The van der Waals surface area contributed by atoms with Gasteiger partial charge in [0, 0.05) is 37.3 Å². The monoisotopic (exact) mass is 318 g/mol. The maximum absolute atomic E-state index is 6.18. The average Bonchev–Trinajstić information content (AvgIpc) is 3.16. The molecule has 1 aliphatic heterocycles. The van der Waals surface area contributed by atoms with Gasteiger partial charge in [-0.15, -0.1) is 11.3 Å². The van der Waals surface area contributed by atoms with Crippen LogP contribution in [0.5, 0.6) is 0 Å². The Hall–Kier alpha value is -1.24. The lowest BCUT2D eigenvalue weighted by Gasteiger charge is -2.23. The van der Waals surface area contributed by atoms with Gasteiger partial charge in [-0.2, -0.15) is 5.10 Å².